The maximum absolute atomic E-state index is 12.1. The van der Waals surface area contributed by atoms with Gasteiger partial charge in [-0.25, -0.2) is 0 Å². The van der Waals surface area contributed by atoms with Gasteiger partial charge in [-0.3, -0.25) is 4.79 Å². The molecule has 7 heteroatoms. The predicted molar refractivity (Wildman–Crippen MR) is 75.2 cm³/mol. The molecule has 0 saturated carbocycles. The molecule has 0 aromatic carbocycles. The number of carbonyl (C=O) groups excluding carboxylic acids is 1. The van der Waals surface area contributed by atoms with Crippen LogP contribution >= 0.6 is 11.3 Å². The summed E-state index contributed by atoms with van der Waals surface area (Å²) in [6, 6.07) is 3.24. The summed E-state index contributed by atoms with van der Waals surface area (Å²) in [4.78, 5) is 13.4. The van der Waals surface area contributed by atoms with E-state index in [0.29, 0.717) is 10.7 Å². The summed E-state index contributed by atoms with van der Waals surface area (Å²) in [6.45, 7) is 1.66. The number of aliphatic hydroxyl groups is 1. The first kappa shape index (κ1) is 14.2. The lowest BCUT2D eigenvalue weighted by atomic mass is 10.3. The number of nitrogens with one attached hydrogen (secondary N) is 1. The molecule has 2 aromatic rings. The molecule has 0 spiro atoms. The minimum absolute atomic E-state index is 0.178. The van der Waals surface area contributed by atoms with Crippen molar-refractivity contribution in [2.24, 2.45) is 7.05 Å². The summed E-state index contributed by atoms with van der Waals surface area (Å²) in [7, 11) is 1.83. The molecule has 104 valence electrons. The molecule has 0 radical (unpaired) electrons. The highest BCUT2D eigenvalue weighted by Gasteiger charge is 2.16. The van der Waals surface area contributed by atoms with E-state index in [4.69, 9.17) is 5.11 Å². The topological polar surface area (TPSA) is 80.0 Å². The van der Waals surface area contributed by atoms with Crippen molar-refractivity contribution in [3.8, 4) is 11.8 Å². The van der Waals surface area contributed by atoms with Crippen LogP contribution in [0.5, 0.6) is 0 Å². The second-order valence-corrected chi connectivity index (χ2v) is 5.20. The predicted octanol–water partition coefficient (Wildman–Crippen LogP) is 0.711. The summed E-state index contributed by atoms with van der Waals surface area (Å²) >= 11 is 1.28. The zero-order chi connectivity index (χ0) is 14.5. The lowest BCUT2D eigenvalue weighted by Crippen LogP contribution is -2.27. The van der Waals surface area contributed by atoms with Crippen molar-refractivity contribution in [1.82, 2.24) is 20.1 Å². The SMILES string of the molecule is CC(NC(=O)c1ccc(C#CCO)s1)c1nncn1C. The number of nitrogens with zero attached hydrogens (tertiary/aromatic N) is 3. The zero-order valence-corrected chi connectivity index (χ0v) is 11.9. The Bertz CT molecular complexity index is 665. The number of carbonyl (C=O) groups is 1. The molecule has 0 aliphatic carbocycles. The first-order chi connectivity index (χ1) is 9.61. The van der Waals surface area contributed by atoms with Gasteiger partial charge in [0.1, 0.15) is 12.9 Å². The van der Waals surface area contributed by atoms with Gasteiger partial charge in [0.2, 0.25) is 0 Å². The average Bonchev–Trinajstić information content (AvgIpc) is 3.04. The first-order valence-corrected chi connectivity index (χ1v) is 6.77. The summed E-state index contributed by atoms with van der Waals surface area (Å²) in [5.74, 6) is 5.83. The van der Waals surface area contributed by atoms with Crippen molar-refractivity contribution in [3.63, 3.8) is 0 Å². The Labute approximate surface area is 120 Å². The number of thiophene rings is 1. The molecule has 0 aliphatic rings. The number of hydrogen-bond acceptors (Lipinski definition) is 5. The third-order valence-electron chi connectivity index (χ3n) is 2.60. The molecular formula is C13H14N4O2S. The largest absolute Gasteiger partial charge is 0.384 e. The van der Waals surface area contributed by atoms with E-state index in [1.165, 1.54) is 11.3 Å². The Kier molecular flexibility index (Phi) is 4.50. The van der Waals surface area contributed by atoms with Crippen molar-refractivity contribution >= 4 is 17.2 Å². The molecule has 1 unspecified atom stereocenters. The standard InChI is InChI=1S/C13H14N4O2S/c1-9(12-16-14-8-17(12)2)15-13(19)11-6-5-10(20-11)4-3-7-18/h5-6,8-9,18H,7H2,1-2H3,(H,15,19). The highest BCUT2D eigenvalue weighted by molar-refractivity contribution is 7.14. The van der Waals surface area contributed by atoms with Crippen LogP contribution in [-0.2, 0) is 7.05 Å². The Morgan fingerprint density at radius 3 is 3.05 bits per heavy atom. The molecule has 0 bridgehead atoms. The van der Waals surface area contributed by atoms with Gasteiger partial charge in [0.05, 0.1) is 15.8 Å². The van der Waals surface area contributed by atoms with E-state index in [-0.39, 0.29) is 18.6 Å². The molecule has 0 saturated heterocycles. The van der Waals surface area contributed by atoms with E-state index in [0.717, 1.165) is 4.88 Å². The molecule has 2 N–H and O–H groups in total. The van der Waals surface area contributed by atoms with Crippen molar-refractivity contribution in [2.75, 3.05) is 6.61 Å². The molecule has 1 amide bonds. The maximum Gasteiger partial charge on any atom is 0.261 e. The van der Waals surface area contributed by atoms with Crippen LogP contribution in [0.25, 0.3) is 0 Å². The first-order valence-electron chi connectivity index (χ1n) is 5.96. The highest BCUT2D eigenvalue weighted by Crippen LogP contribution is 2.17. The van der Waals surface area contributed by atoms with Gasteiger partial charge >= 0.3 is 0 Å². The summed E-state index contributed by atoms with van der Waals surface area (Å²) in [5, 5.41) is 19.2. The van der Waals surface area contributed by atoms with E-state index < -0.39 is 0 Å². The number of aromatic nitrogens is 3. The van der Waals surface area contributed by atoms with E-state index >= 15 is 0 Å². The number of hydrogen-bond donors (Lipinski definition) is 2. The highest BCUT2D eigenvalue weighted by atomic mass is 32.1. The third-order valence-corrected chi connectivity index (χ3v) is 3.60. The molecular weight excluding hydrogens is 276 g/mol. The fourth-order valence-electron chi connectivity index (χ4n) is 1.67. The van der Waals surface area contributed by atoms with Gasteiger partial charge in [-0.1, -0.05) is 11.8 Å². The van der Waals surface area contributed by atoms with Crippen molar-refractivity contribution in [2.45, 2.75) is 13.0 Å². The maximum atomic E-state index is 12.1. The summed E-state index contributed by atoms with van der Waals surface area (Å²) in [6.07, 6.45) is 1.59. The normalized spacial score (nSPS) is 11.6. The van der Waals surface area contributed by atoms with Crippen LogP contribution in [0, 0.1) is 11.8 Å². The van der Waals surface area contributed by atoms with Crippen LogP contribution < -0.4 is 5.32 Å². The van der Waals surface area contributed by atoms with E-state index in [2.05, 4.69) is 27.4 Å². The Hall–Kier alpha value is -2.17. The van der Waals surface area contributed by atoms with Gasteiger partial charge in [-0.05, 0) is 19.1 Å². The van der Waals surface area contributed by atoms with Crippen LogP contribution in [0.4, 0.5) is 0 Å². The molecule has 6 nitrogen and oxygen atoms in total. The molecule has 0 fully saturated rings. The lowest BCUT2D eigenvalue weighted by molar-refractivity contribution is 0.0942. The summed E-state index contributed by atoms with van der Waals surface area (Å²) in [5.41, 5.74) is 0. The van der Waals surface area contributed by atoms with Crippen LogP contribution in [0.3, 0.4) is 0 Å². The third kappa shape index (κ3) is 3.23. The average molecular weight is 290 g/mol. The van der Waals surface area contributed by atoms with Crippen LogP contribution in [-0.4, -0.2) is 32.4 Å². The summed E-state index contributed by atoms with van der Waals surface area (Å²) < 4.78 is 1.76. The van der Waals surface area contributed by atoms with E-state index in [9.17, 15) is 4.79 Å². The molecule has 2 heterocycles. The number of aliphatic hydroxyl groups excluding tert-OH is 1. The molecule has 1 atom stereocenters. The number of rotatable bonds is 3. The Morgan fingerprint density at radius 2 is 2.40 bits per heavy atom. The zero-order valence-electron chi connectivity index (χ0n) is 11.1. The van der Waals surface area contributed by atoms with Gasteiger partial charge in [0.15, 0.2) is 5.82 Å². The van der Waals surface area contributed by atoms with Gasteiger partial charge < -0.3 is 15.0 Å². The van der Waals surface area contributed by atoms with Crippen molar-refractivity contribution in [3.05, 3.63) is 34.0 Å². The molecule has 2 aromatic heterocycles. The molecule has 0 aliphatic heterocycles. The fraction of sp³-hybridized carbons (Fsp3) is 0.308. The van der Waals surface area contributed by atoms with Gasteiger partial charge in [-0.2, -0.15) is 0 Å². The second kappa shape index (κ2) is 6.32. The minimum Gasteiger partial charge on any atom is -0.384 e. The van der Waals surface area contributed by atoms with Gasteiger partial charge in [0.25, 0.3) is 5.91 Å². The van der Waals surface area contributed by atoms with Crippen molar-refractivity contribution < 1.29 is 9.90 Å². The molecule has 20 heavy (non-hydrogen) atoms. The lowest BCUT2D eigenvalue weighted by Gasteiger charge is -2.11. The second-order valence-electron chi connectivity index (χ2n) is 4.12. The van der Waals surface area contributed by atoms with Gasteiger partial charge in [-0.15, -0.1) is 21.5 Å². The molecule has 2 rings (SSSR count). The van der Waals surface area contributed by atoms with Gasteiger partial charge in [0, 0.05) is 7.05 Å². The quantitative estimate of drug-likeness (QED) is 0.816. The Balaban J connectivity index is 2.05. The number of aryl methyl sites for hydroxylation is 1. The van der Waals surface area contributed by atoms with E-state index in [1.807, 2.05) is 14.0 Å². The van der Waals surface area contributed by atoms with Crippen molar-refractivity contribution in [1.29, 1.82) is 0 Å². The van der Waals surface area contributed by atoms with Crippen LogP contribution in [0.1, 0.15) is 33.3 Å². The van der Waals surface area contributed by atoms with E-state index in [1.54, 1.807) is 23.0 Å². The monoisotopic (exact) mass is 290 g/mol. The number of amides is 1. The fourth-order valence-corrected chi connectivity index (χ4v) is 2.45. The van der Waals surface area contributed by atoms with Crippen LogP contribution in [0.2, 0.25) is 0 Å². The Morgan fingerprint density at radius 1 is 1.60 bits per heavy atom. The minimum atomic E-state index is -0.232. The van der Waals surface area contributed by atoms with Crippen LogP contribution in [0.15, 0.2) is 18.5 Å². The smallest absolute Gasteiger partial charge is 0.261 e.